The molecule has 1 N–H and O–H groups in total. The summed E-state index contributed by atoms with van der Waals surface area (Å²) in [5.74, 6) is -0.307. The lowest BCUT2D eigenvalue weighted by molar-refractivity contribution is -0.122. The van der Waals surface area contributed by atoms with E-state index in [1.54, 1.807) is 18.0 Å². The first kappa shape index (κ1) is 23.9. The van der Waals surface area contributed by atoms with Crippen molar-refractivity contribution in [3.63, 3.8) is 0 Å². The number of carbonyl (C=O) groups excluding carboxylic acids is 1. The van der Waals surface area contributed by atoms with Gasteiger partial charge in [-0.3, -0.25) is 14.2 Å². The van der Waals surface area contributed by atoms with Gasteiger partial charge in [0.05, 0.1) is 19.5 Å². The maximum atomic E-state index is 13.4. The van der Waals surface area contributed by atoms with Crippen LogP contribution in [0.1, 0.15) is 50.5 Å². The van der Waals surface area contributed by atoms with Gasteiger partial charge in [0.15, 0.2) is 11.2 Å². The van der Waals surface area contributed by atoms with Gasteiger partial charge in [-0.15, -0.1) is 0 Å². The minimum absolute atomic E-state index is 0.0889. The van der Waals surface area contributed by atoms with Gasteiger partial charge < -0.3 is 14.6 Å². The van der Waals surface area contributed by atoms with Gasteiger partial charge in [0.1, 0.15) is 6.54 Å². The van der Waals surface area contributed by atoms with Crippen molar-refractivity contribution in [3.05, 3.63) is 63.1 Å². The molecule has 9 heteroatoms. The number of amides is 1. The van der Waals surface area contributed by atoms with E-state index >= 15 is 0 Å². The third-order valence-electron chi connectivity index (χ3n) is 6.48. The number of hydrogen-bond donors (Lipinski definition) is 1. The van der Waals surface area contributed by atoms with Gasteiger partial charge in [0, 0.05) is 19.7 Å². The summed E-state index contributed by atoms with van der Waals surface area (Å²) in [7, 11) is 1.59. The predicted molar refractivity (Wildman–Crippen MR) is 130 cm³/mol. The fourth-order valence-corrected chi connectivity index (χ4v) is 4.66. The molecule has 0 spiro atoms. The van der Waals surface area contributed by atoms with Gasteiger partial charge in [0.2, 0.25) is 5.91 Å². The normalized spacial score (nSPS) is 15.2. The topological polar surface area (TPSA) is 100 Å². The van der Waals surface area contributed by atoms with Crippen LogP contribution in [0.25, 0.3) is 11.2 Å². The maximum Gasteiger partial charge on any atom is 0.333 e. The molecule has 0 aliphatic heterocycles. The van der Waals surface area contributed by atoms with E-state index in [9.17, 15) is 14.4 Å². The molecular formula is C25H33N5O4. The highest BCUT2D eigenvalue weighted by Crippen LogP contribution is 2.17. The molecule has 1 aliphatic rings. The molecule has 2 aromatic heterocycles. The van der Waals surface area contributed by atoms with Crippen molar-refractivity contribution in [1.29, 1.82) is 0 Å². The molecule has 34 heavy (non-hydrogen) atoms. The van der Waals surface area contributed by atoms with Crippen LogP contribution in [-0.4, -0.2) is 44.4 Å². The fourth-order valence-electron chi connectivity index (χ4n) is 4.66. The van der Waals surface area contributed by atoms with E-state index in [0.29, 0.717) is 24.3 Å². The maximum absolute atomic E-state index is 13.4. The van der Waals surface area contributed by atoms with Gasteiger partial charge >= 0.3 is 5.69 Å². The Labute approximate surface area is 198 Å². The summed E-state index contributed by atoms with van der Waals surface area (Å²) in [6.45, 7) is 0.751. The third-order valence-corrected chi connectivity index (χ3v) is 6.48. The molecule has 1 saturated carbocycles. The first-order valence-corrected chi connectivity index (χ1v) is 12.1. The number of fused-ring (bicyclic) bond motifs is 1. The molecule has 1 aromatic carbocycles. The number of hydrogen-bond acceptors (Lipinski definition) is 5. The molecule has 0 bridgehead atoms. The highest BCUT2D eigenvalue weighted by molar-refractivity contribution is 5.77. The van der Waals surface area contributed by atoms with Crippen LogP contribution < -0.4 is 16.6 Å². The van der Waals surface area contributed by atoms with E-state index in [-0.39, 0.29) is 25.0 Å². The van der Waals surface area contributed by atoms with Crippen molar-refractivity contribution >= 4 is 17.1 Å². The lowest BCUT2D eigenvalue weighted by Gasteiger charge is -2.21. The molecule has 9 nitrogen and oxygen atoms in total. The number of ether oxygens (including phenoxy) is 1. The minimum Gasteiger partial charge on any atom is -0.383 e. The number of aromatic nitrogens is 4. The second-order valence-electron chi connectivity index (χ2n) is 8.96. The smallest absolute Gasteiger partial charge is 0.333 e. The van der Waals surface area contributed by atoms with Crippen LogP contribution in [0.3, 0.4) is 0 Å². The molecule has 2 heterocycles. The Morgan fingerprint density at radius 3 is 2.47 bits per heavy atom. The van der Waals surface area contributed by atoms with E-state index in [1.165, 1.54) is 23.8 Å². The quantitative estimate of drug-likeness (QED) is 0.548. The van der Waals surface area contributed by atoms with Crippen LogP contribution in [0, 0.1) is 0 Å². The lowest BCUT2D eigenvalue weighted by Crippen LogP contribution is -2.46. The molecule has 0 radical (unpaired) electrons. The first-order valence-electron chi connectivity index (χ1n) is 12.1. The summed E-state index contributed by atoms with van der Waals surface area (Å²) < 4.78 is 9.35. The number of methoxy groups -OCH3 is 1. The zero-order valence-electron chi connectivity index (χ0n) is 19.7. The van der Waals surface area contributed by atoms with Crippen LogP contribution in [-0.2, 0) is 29.2 Å². The summed E-state index contributed by atoms with van der Waals surface area (Å²) in [5, 5.41) is 3.06. The molecule has 3 aromatic rings. The first-order chi connectivity index (χ1) is 16.6. The Morgan fingerprint density at radius 2 is 1.76 bits per heavy atom. The van der Waals surface area contributed by atoms with Gasteiger partial charge in [-0.05, 0) is 18.4 Å². The number of nitrogens with zero attached hydrogens (tertiary/aromatic N) is 4. The Kier molecular flexibility index (Phi) is 7.95. The Balaban J connectivity index is 1.69. The van der Waals surface area contributed by atoms with E-state index in [4.69, 9.17) is 4.74 Å². The Hall–Kier alpha value is -3.20. The van der Waals surface area contributed by atoms with Gasteiger partial charge in [-0.2, -0.15) is 0 Å². The van der Waals surface area contributed by atoms with Crippen LogP contribution in [0.4, 0.5) is 0 Å². The molecule has 1 aliphatic carbocycles. The molecular weight excluding hydrogens is 434 g/mol. The van der Waals surface area contributed by atoms with Crippen LogP contribution in [0.15, 0.2) is 46.2 Å². The largest absolute Gasteiger partial charge is 0.383 e. The highest BCUT2D eigenvalue weighted by Gasteiger charge is 2.21. The third kappa shape index (κ3) is 5.47. The number of imidazole rings is 1. The number of rotatable bonds is 8. The second kappa shape index (κ2) is 11.3. The van der Waals surface area contributed by atoms with E-state index in [1.807, 2.05) is 30.3 Å². The fraction of sp³-hybridized carbons (Fsp3) is 0.520. The molecule has 1 fully saturated rings. The molecule has 0 unspecified atom stereocenters. The van der Waals surface area contributed by atoms with Crippen molar-refractivity contribution in [2.75, 3.05) is 13.7 Å². The summed E-state index contributed by atoms with van der Waals surface area (Å²) in [6.07, 6.45) is 9.18. The van der Waals surface area contributed by atoms with Crippen LogP contribution >= 0.6 is 0 Å². The van der Waals surface area contributed by atoms with Gasteiger partial charge in [-0.1, -0.05) is 62.4 Å². The van der Waals surface area contributed by atoms with Crippen molar-refractivity contribution in [2.45, 2.75) is 70.6 Å². The lowest BCUT2D eigenvalue weighted by atomic mass is 9.97. The van der Waals surface area contributed by atoms with Crippen molar-refractivity contribution < 1.29 is 9.53 Å². The van der Waals surface area contributed by atoms with E-state index < -0.39 is 11.2 Å². The number of nitrogens with one attached hydrogen (secondary N) is 1. The zero-order valence-corrected chi connectivity index (χ0v) is 19.7. The summed E-state index contributed by atoms with van der Waals surface area (Å²) >= 11 is 0. The average molecular weight is 468 g/mol. The van der Waals surface area contributed by atoms with E-state index in [2.05, 4.69) is 10.3 Å². The standard InChI is InChI=1S/C25H33N5O4/c1-34-15-14-28-18-26-23-22(28)24(32)30(25(33)29(23)16-19-10-6-5-7-11-19)17-21(31)27-20-12-8-3-2-4-9-13-20/h5-7,10-11,18,20H,2-4,8-9,12-17H2,1H3,(H,27,31). The zero-order chi connectivity index (χ0) is 23.9. The SMILES string of the molecule is COCCn1cnc2c1c(=O)n(CC(=O)NC1CCCCCCC1)c(=O)n2Cc1ccccc1. The van der Waals surface area contributed by atoms with Gasteiger partial charge in [-0.25, -0.2) is 14.3 Å². The summed E-state index contributed by atoms with van der Waals surface area (Å²) in [5.41, 5.74) is 0.469. The molecule has 0 atom stereocenters. The minimum atomic E-state index is -0.536. The Bertz CT molecular complexity index is 1220. The van der Waals surface area contributed by atoms with Crippen molar-refractivity contribution in [3.8, 4) is 0 Å². The van der Waals surface area contributed by atoms with Crippen LogP contribution in [0.2, 0.25) is 0 Å². The average Bonchev–Trinajstić information content (AvgIpc) is 3.24. The summed E-state index contributed by atoms with van der Waals surface area (Å²) in [6, 6.07) is 9.61. The monoisotopic (exact) mass is 467 g/mol. The molecule has 1 amide bonds. The number of carbonyl (C=O) groups is 1. The Morgan fingerprint density at radius 1 is 1.06 bits per heavy atom. The predicted octanol–water partition coefficient (Wildman–Crippen LogP) is 2.28. The molecule has 0 saturated heterocycles. The summed E-state index contributed by atoms with van der Waals surface area (Å²) in [4.78, 5) is 44.1. The molecule has 4 rings (SSSR count). The van der Waals surface area contributed by atoms with E-state index in [0.717, 1.165) is 35.8 Å². The second-order valence-corrected chi connectivity index (χ2v) is 8.96. The van der Waals surface area contributed by atoms with Crippen molar-refractivity contribution in [1.82, 2.24) is 24.0 Å². The highest BCUT2D eigenvalue weighted by atomic mass is 16.5. The molecule has 182 valence electrons. The van der Waals surface area contributed by atoms with Crippen molar-refractivity contribution in [2.24, 2.45) is 0 Å². The van der Waals surface area contributed by atoms with Crippen LogP contribution in [0.5, 0.6) is 0 Å². The van der Waals surface area contributed by atoms with Gasteiger partial charge in [0.25, 0.3) is 5.56 Å². The number of benzene rings is 1.